The van der Waals surface area contributed by atoms with Gasteiger partial charge in [-0.15, -0.1) is 0 Å². The molecule has 0 bridgehead atoms. The fourth-order valence-electron chi connectivity index (χ4n) is 5.15. The number of benzene rings is 1. The van der Waals surface area contributed by atoms with Gasteiger partial charge < -0.3 is 14.5 Å². The van der Waals surface area contributed by atoms with Gasteiger partial charge >= 0.3 is 0 Å². The predicted octanol–water partition coefficient (Wildman–Crippen LogP) is 2.79. The summed E-state index contributed by atoms with van der Waals surface area (Å²) in [6.45, 7) is 13.5. The van der Waals surface area contributed by atoms with Crippen molar-refractivity contribution in [1.82, 2.24) is 24.7 Å². The molecule has 0 amide bonds. The van der Waals surface area contributed by atoms with E-state index in [1.165, 1.54) is 36.3 Å². The molecule has 4 heterocycles. The molecule has 2 saturated heterocycles. The van der Waals surface area contributed by atoms with E-state index in [9.17, 15) is 0 Å². The molecule has 0 radical (unpaired) electrons. The van der Waals surface area contributed by atoms with Gasteiger partial charge in [-0.3, -0.25) is 14.7 Å². The van der Waals surface area contributed by atoms with Crippen LogP contribution in [0.5, 0.6) is 11.5 Å². The Hall–Kier alpha value is -2.09. The Labute approximate surface area is 185 Å². The summed E-state index contributed by atoms with van der Waals surface area (Å²) in [4.78, 5) is 16.1. The third-order valence-electron chi connectivity index (χ3n) is 6.99. The first kappa shape index (κ1) is 20.8. The molecule has 0 saturated carbocycles. The van der Waals surface area contributed by atoms with Crippen LogP contribution in [-0.2, 0) is 19.5 Å². The van der Waals surface area contributed by atoms with E-state index in [1.807, 2.05) is 6.07 Å². The van der Waals surface area contributed by atoms with Gasteiger partial charge in [0.1, 0.15) is 5.82 Å². The maximum Gasteiger partial charge on any atom is 0.231 e. The van der Waals surface area contributed by atoms with Gasteiger partial charge in [-0.2, -0.15) is 0 Å². The Morgan fingerprint density at radius 3 is 2.68 bits per heavy atom. The SMILES string of the molecule is CCc1nc(CN2CCCC(N3CCN(Cc4ccc5c(c4)OCO5)CC3)C2)c(C)[nH]1. The molecule has 1 N–H and O–H groups in total. The van der Waals surface area contributed by atoms with E-state index >= 15 is 0 Å². The number of fused-ring (bicyclic) bond motifs is 1. The first-order valence-corrected chi connectivity index (χ1v) is 11.8. The van der Waals surface area contributed by atoms with Crippen LogP contribution in [0.25, 0.3) is 0 Å². The first-order chi connectivity index (χ1) is 15.2. The lowest BCUT2D eigenvalue weighted by Crippen LogP contribution is -2.54. The minimum absolute atomic E-state index is 0.343. The number of ether oxygens (including phenoxy) is 2. The quantitative estimate of drug-likeness (QED) is 0.768. The van der Waals surface area contributed by atoms with Crippen LogP contribution in [0.4, 0.5) is 0 Å². The molecule has 0 spiro atoms. The minimum atomic E-state index is 0.343. The maximum atomic E-state index is 5.53. The number of aromatic amines is 1. The number of nitrogens with zero attached hydrogens (tertiary/aromatic N) is 4. The number of likely N-dealkylation sites (tertiary alicyclic amines) is 1. The second kappa shape index (κ2) is 9.18. The van der Waals surface area contributed by atoms with Crippen molar-refractivity contribution in [2.45, 2.75) is 52.2 Å². The maximum absolute atomic E-state index is 5.53. The molecule has 7 heteroatoms. The Balaban J connectivity index is 1.12. The van der Waals surface area contributed by atoms with E-state index in [4.69, 9.17) is 14.5 Å². The number of piperidine rings is 1. The number of H-pyrrole nitrogens is 1. The Morgan fingerprint density at radius 1 is 1.03 bits per heavy atom. The van der Waals surface area contributed by atoms with Crippen LogP contribution in [0, 0.1) is 6.92 Å². The van der Waals surface area contributed by atoms with Crippen molar-refractivity contribution in [3.63, 3.8) is 0 Å². The summed E-state index contributed by atoms with van der Waals surface area (Å²) in [6, 6.07) is 7.01. The summed E-state index contributed by atoms with van der Waals surface area (Å²) in [6.07, 6.45) is 3.57. The summed E-state index contributed by atoms with van der Waals surface area (Å²) in [5, 5.41) is 0. The topological polar surface area (TPSA) is 56.9 Å². The van der Waals surface area contributed by atoms with Gasteiger partial charge in [0.2, 0.25) is 6.79 Å². The fraction of sp³-hybridized carbons (Fsp3) is 0.625. The van der Waals surface area contributed by atoms with Crippen molar-refractivity contribution < 1.29 is 9.47 Å². The van der Waals surface area contributed by atoms with Crippen molar-refractivity contribution in [1.29, 1.82) is 0 Å². The van der Waals surface area contributed by atoms with E-state index in [0.717, 1.165) is 69.6 Å². The van der Waals surface area contributed by atoms with Crippen molar-refractivity contribution in [3.8, 4) is 11.5 Å². The zero-order valence-electron chi connectivity index (χ0n) is 18.9. The smallest absolute Gasteiger partial charge is 0.231 e. The number of nitrogens with one attached hydrogen (secondary N) is 1. The van der Waals surface area contributed by atoms with E-state index in [0.29, 0.717) is 12.8 Å². The molecule has 2 fully saturated rings. The van der Waals surface area contributed by atoms with Crippen molar-refractivity contribution in [2.75, 3.05) is 46.1 Å². The zero-order chi connectivity index (χ0) is 21.2. The molecule has 5 rings (SSSR count). The summed E-state index contributed by atoms with van der Waals surface area (Å²) in [5.74, 6) is 2.86. The second-order valence-corrected chi connectivity index (χ2v) is 9.14. The Kier molecular flexibility index (Phi) is 6.16. The van der Waals surface area contributed by atoms with Crippen molar-refractivity contribution >= 4 is 0 Å². The molecule has 0 aliphatic carbocycles. The number of piperazine rings is 1. The zero-order valence-corrected chi connectivity index (χ0v) is 18.9. The minimum Gasteiger partial charge on any atom is -0.454 e. The second-order valence-electron chi connectivity index (χ2n) is 9.14. The molecule has 1 atom stereocenters. The van der Waals surface area contributed by atoms with Gasteiger partial charge in [-0.25, -0.2) is 4.98 Å². The molecular weight excluding hydrogens is 390 g/mol. The van der Waals surface area contributed by atoms with Crippen LogP contribution < -0.4 is 9.47 Å². The summed E-state index contributed by atoms with van der Waals surface area (Å²) in [7, 11) is 0. The number of imidazole rings is 1. The van der Waals surface area contributed by atoms with Crippen LogP contribution in [0.3, 0.4) is 0 Å². The monoisotopic (exact) mass is 425 g/mol. The largest absolute Gasteiger partial charge is 0.454 e. The Morgan fingerprint density at radius 2 is 1.87 bits per heavy atom. The van der Waals surface area contributed by atoms with E-state index in [1.54, 1.807) is 0 Å². The molecule has 3 aliphatic rings. The lowest BCUT2D eigenvalue weighted by Gasteiger charge is -2.43. The predicted molar refractivity (Wildman–Crippen MR) is 120 cm³/mol. The molecule has 1 unspecified atom stereocenters. The van der Waals surface area contributed by atoms with E-state index in [-0.39, 0.29) is 0 Å². The van der Waals surface area contributed by atoms with Crippen LogP contribution in [0.2, 0.25) is 0 Å². The number of aryl methyl sites for hydroxylation is 2. The highest BCUT2D eigenvalue weighted by molar-refractivity contribution is 5.44. The Bertz CT molecular complexity index is 890. The lowest BCUT2D eigenvalue weighted by molar-refractivity contribution is 0.0473. The highest BCUT2D eigenvalue weighted by atomic mass is 16.7. The molecule has 1 aromatic heterocycles. The van der Waals surface area contributed by atoms with Gasteiger partial charge in [-0.05, 0) is 44.0 Å². The first-order valence-electron chi connectivity index (χ1n) is 11.8. The molecule has 168 valence electrons. The normalized spacial score (nSPS) is 22.8. The molecule has 31 heavy (non-hydrogen) atoms. The third-order valence-corrected chi connectivity index (χ3v) is 6.99. The summed E-state index contributed by atoms with van der Waals surface area (Å²) >= 11 is 0. The van der Waals surface area contributed by atoms with Crippen LogP contribution in [0.15, 0.2) is 18.2 Å². The average Bonchev–Trinajstić information content (AvgIpc) is 3.40. The highest BCUT2D eigenvalue weighted by Gasteiger charge is 2.28. The van der Waals surface area contributed by atoms with E-state index < -0.39 is 0 Å². The van der Waals surface area contributed by atoms with Gasteiger partial charge in [0.15, 0.2) is 11.5 Å². The number of aromatic nitrogens is 2. The highest BCUT2D eigenvalue weighted by Crippen LogP contribution is 2.33. The summed E-state index contributed by atoms with van der Waals surface area (Å²) in [5.41, 5.74) is 3.77. The van der Waals surface area contributed by atoms with Crippen molar-refractivity contribution in [2.24, 2.45) is 0 Å². The van der Waals surface area contributed by atoms with Crippen LogP contribution in [-0.4, -0.2) is 76.8 Å². The molecule has 3 aliphatic heterocycles. The molecular formula is C24H35N5O2. The van der Waals surface area contributed by atoms with Gasteiger partial charge in [-0.1, -0.05) is 13.0 Å². The average molecular weight is 426 g/mol. The molecule has 1 aromatic carbocycles. The van der Waals surface area contributed by atoms with Crippen LogP contribution >= 0.6 is 0 Å². The van der Waals surface area contributed by atoms with Gasteiger partial charge in [0.25, 0.3) is 0 Å². The molecule has 2 aromatic rings. The van der Waals surface area contributed by atoms with Crippen molar-refractivity contribution in [3.05, 3.63) is 41.0 Å². The number of rotatable bonds is 6. The van der Waals surface area contributed by atoms with E-state index in [2.05, 4.69) is 45.7 Å². The number of hydrogen-bond acceptors (Lipinski definition) is 6. The van der Waals surface area contributed by atoms with Gasteiger partial charge in [0, 0.05) is 64.0 Å². The summed E-state index contributed by atoms with van der Waals surface area (Å²) < 4.78 is 11.0. The van der Waals surface area contributed by atoms with Crippen LogP contribution in [0.1, 0.15) is 42.5 Å². The standard InChI is InChI=1S/C24H35N5O2/c1-3-24-25-18(2)21(26-24)16-28-8-4-5-20(15-28)29-11-9-27(10-12-29)14-19-6-7-22-23(13-19)31-17-30-22/h6-7,13,20H,3-5,8-12,14-17H2,1-2H3,(H,25,26). The third kappa shape index (κ3) is 4.73. The fourth-order valence-corrected chi connectivity index (χ4v) is 5.15. The lowest BCUT2D eigenvalue weighted by atomic mass is 10.0. The molecule has 7 nitrogen and oxygen atoms in total. The van der Waals surface area contributed by atoms with Gasteiger partial charge in [0.05, 0.1) is 5.69 Å². The number of hydrogen-bond donors (Lipinski definition) is 1.